The molecule has 0 atom stereocenters. The van der Waals surface area contributed by atoms with Gasteiger partial charge in [0.2, 0.25) is 0 Å². The second-order valence-corrected chi connectivity index (χ2v) is 13.3. The average molecular weight is 652 g/mol. The molecule has 1 aromatic heterocycles. The molecule has 0 spiro atoms. The van der Waals surface area contributed by atoms with Crippen LogP contribution < -0.4 is 0 Å². The number of hydrogen-bond acceptors (Lipinski definition) is 0. The minimum absolute atomic E-state index is 0.228. The quantitative estimate of drug-likeness (QED) is 0.154. The molecule has 8 aromatic carbocycles. The Morgan fingerprint density at radius 2 is 0.765 bits per heavy atom. The van der Waals surface area contributed by atoms with Crippen molar-refractivity contribution in [3.8, 4) is 39.1 Å². The topological polar surface area (TPSA) is 4.93 Å². The van der Waals surface area contributed by atoms with E-state index in [1.807, 2.05) is 0 Å². The zero-order valence-corrected chi connectivity index (χ0v) is 28.4. The van der Waals surface area contributed by atoms with Gasteiger partial charge in [-0.15, -0.1) is 0 Å². The SMILES string of the molecule is c1ccc(-c2ccc(C(Cc3ccc(-c4ccc5c(c4)c4ccccc4n5-c4ccccc4)cc3)c3ccc(-c4ccccc4)cc3)cc2)cc1. The molecule has 51 heavy (non-hydrogen) atoms. The lowest BCUT2D eigenvalue weighted by molar-refractivity contribution is 0.805. The van der Waals surface area contributed by atoms with Gasteiger partial charge in [0.25, 0.3) is 0 Å². The van der Waals surface area contributed by atoms with Crippen molar-refractivity contribution < 1.29 is 0 Å². The summed E-state index contributed by atoms with van der Waals surface area (Å²) in [6, 6.07) is 75.1. The molecule has 9 aromatic rings. The summed E-state index contributed by atoms with van der Waals surface area (Å²) in [6.45, 7) is 0. The maximum atomic E-state index is 2.37. The fraction of sp³-hybridized carbons (Fsp3) is 0.0400. The summed E-state index contributed by atoms with van der Waals surface area (Å²) in [5.74, 6) is 0.228. The van der Waals surface area contributed by atoms with Crippen LogP contribution in [0, 0.1) is 0 Å². The highest BCUT2D eigenvalue weighted by Gasteiger charge is 2.17. The van der Waals surface area contributed by atoms with Crippen LogP contribution in [0.5, 0.6) is 0 Å². The Kier molecular flexibility index (Phi) is 8.08. The van der Waals surface area contributed by atoms with Crippen LogP contribution in [0.25, 0.3) is 60.9 Å². The molecular weight excluding hydrogens is 615 g/mol. The van der Waals surface area contributed by atoms with Crippen LogP contribution in [0.2, 0.25) is 0 Å². The molecule has 0 fully saturated rings. The van der Waals surface area contributed by atoms with E-state index in [-0.39, 0.29) is 5.92 Å². The minimum Gasteiger partial charge on any atom is -0.309 e. The number of fused-ring (bicyclic) bond motifs is 3. The van der Waals surface area contributed by atoms with E-state index >= 15 is 0 Å². The number of hydrogen-bond donors (Lipinski definition) is 0. The van der Waals surface area contributed by atoms with Crippen LogP contribution in [0.15, 0.2) is 206 Å². The van der Waals surface area contributed by atoms with Gasteiger partial charge in [0, 0.05) is 22.4 Å². The lowest BCUT2D eigenvalue weighted by Gasteiger charge is -2.20. The highest BCUT2D eigenvalue weighted by atomic mass is 15.0. The second-order valence-electron chi connectivity index (χ2n) is 13.3. The molecular formula is C50H37N. The van der Waals surface area contributed by atoms with E-state index in [9.17, 15) is 0 Å². The molecule has 1 heterocycles. The van der Waals surface area contributed by atoms with Gasteiger partial charge in [-0.1, -0.05) is 176 Å². The van der Waals surface area contributed by atoms with Crippen molar-refractivity contribution in [3.63, 3.8) is 0 Å². The average Bonchev–Trinajstić information content (AvgIpc) is 3.55. The summed E-state index contributed by atoms with van der Waals surface area (Å²) in [5, 5.41) is 2.54. The maximum Gasteiger partial charge on any atom is 0.0541 e. The molecule has 1 nitrogen and oxygen atoms in total. The van der Waals surface area contributed by atoms with E-state index in [0.717, 1.165) is 6.42 Å². The molecule has 0 saturated heterocycles. The molecule has 1 heteroatoms. The normalized spacial score (nSPS) is 11.4. The lowest BCUT2D eigenvalue weighted by Crippen LogP contribution is -2.05. The minimum atomic E-state index is 0.228. The van der Waals surface area contributed by atoms with E-state index in [1.54, 1.807) is 0 Å². The first-order chi connectivity index (χ1) is 25.3. The summed E-state index contributed by atoms with van der Waals surface area (Å²) < 4.78 is 2.37. The number of nitrogens with zero attached hydrogens (tertiary/aromatic N) is 1. The summed E-state index contributed by atoms with van der Waals surface area (Å²) in [4.78, 5) is 0. The van der Waals surface area contributed by atoms with Gasteiger partial charge in [-0.2, -0.15) is 0 Å². The summed E-state index contributed by atoms with van der Waals surface area (Å²) in [5.41, 5.74) is 15.0. The monoisotopic (exact) mass is 651 g/mol. The van der Waals surface area contributed by atoms with Gasteiger partial charge in [-0.3, -0.25) is 0 Å². The van der Waals surface area contributed by atoms with E-state index in [0.29, 0.717) is 0 Å². The second kappa shape index (κ2) is 13.5. The van der Waals surface area contributed by atoms with Crippen molar-refractivity contribution in [1.29, 1.82) is 0 Å². The van der Waals surface area contributed by atoms with Gasteiger partial charge in [0.15, 0.2) is 0 Å². The fourth-order valence-corrected chi connectivity index (χ4v) is 7.58. The van der Waals surface area contributed by atoms with Crippen molar-refractivity contribution >= 4 is 21.8 Å². The number of benzene rings is 8. The Hall–Kier alpha value is -6.44. The highest BCUT2D eigenvalue weighted by molar-refractivity contribution is 6.10. The van der Waals surface area contributed by atoms with Crippen LogP contribution in [0.4, 0.5) is 0 Å². The van der Waals surface area contributed by atoms with Crippen LogP contribution in [0.1, 0.15) is 22.6 Å². The van der Waals surface area contributed by atoms with E-state index in [2.05, 4.69) is 211 Å². The van der Waals surface area contributed by atoms with Gasteiger partial charge in [-0.25, -0.2) is 0 Å². The Bertz CT molecular complexity index is 2460. The number of aromatic nitrogens is 1. The van der Waals surface area contributed by atoms with Gasteiger partial charge in [0.05, 0.1) is 11.0 Å². The van der Waals surface area contributed by atoms with Crippen molar-refractivity contribution in [3.05, 3.63) is 223 Å². The molecule has 0 bridgehead atoms. The predicted octanol–water partition coefficient (Wildman–Crippen LogP) is 13.2. The molecule has 0 amide bonds. The van der Waals surface area contributed by atoms with E-state index < -0.39 is 0 Å². The number of para-hydroxylation sites is 2. The third-order valence-electron chi connectivity index (χ3n) is 10.3. The zero-order valence-electron chi connectivity index (χ0n) is 28.4. The van der Waals surface area contributed by atoms with E-state index in [1.165, 1.54) is 77.6 Å². The van der Waals surface area contributed by atoms with E-state index in [4.69, 9.17) is 0 Å². The van der Waals surface area contributed by atoms with Gasteiger partial charge < -0.3 is 4.57 Å². The Morgan fingerprint density at radius 3 is 1.35 bits per heavy atom. The first-order valence-electron chi connectivity index (χ1n) is 17.8. The molecule has 0 radical (unpaired) electrons. The molecule has 0 aliphatic heterocycles. The fourth-order valence-electron chi connectivity index (χ4n) is 7.58. The largest absolute Gasteiger partial charge is 0.309 e. The molecule has 0 N–H and O–H groups in total. The van der Waals surface area contributed by atoms with Crippen LogP contribution in [-0.2, 0) is 6.42 Å². The molecule has 0 unspecified atom stereocenters. The lowest BCUT2D eigenvalue weighted by atomic mass is 9.84. The smallest absolute Gasteiger partial charge is 0.0541 e. The Labute approximate surface area is 299 Å². The Morgan fingerprint density at radius 1 is 0.333 bits per heavy atom. The summed E-state index contributed by atoms with van der Waals surface area (Å²) in [7, 11) is 0. The third kappa shape index (κ3) is 6.05. The van der Waals surface area contributed by atoms with Gasteiger partial charge >= 0.3 is 0 Å². The molecule has 9 rings (SSSR count). The molecule has 0 saturated carbocycles. The van der Waals surface area contributed by atoms with Crippen molar-refractivity contribution in [2.45, 2.75) is 12.3 Å². The van der Waals surface area contributed by atoms with Crippen molar-refractivity contribution in [2.24, 2.45) is 0 Å². The Balaban J connectivity index is 1.04. The molecule has 0 aliphatic rings. The van der Waals surface area contributed by atoms with Crippen molar-refractivity contribution in [2.75, 3.05) is 0 Å². The standard InChI is InChI=1S/C50H37N/c1-4-12-37(13-5-1)39-24-28-42(29-25-39)47(43-30-26-40(27-31-43)38-14-6-2-7-15-38)34-36-20-22-41(23-21-36)44-32-33-50-48(35-44)46-18-10-11-19-49(46)51(50)45-16-8-3-9-17-45/h1-33,35,47H,34H2. The van der Waals surface area contributed by atoms with Gasteiger partial charge in [-0.05, 0) is 86.8 Å². The summed E-state index contributed by atoms with van der Waals surface area (Å²) >= 11 is 0. The number of rotatable bonds is 8. The molecule has 242 valence electrons. The van der Waals surface area contributed by atoms with Crippen LogP contribution in [-0.4, -0.2) is 4.57 Å². The third-order valence-corrected chi connectivity index (χ3v) is 10.3. The van der Waals surface area contributed by atoms with Crippen molar-refractivity contribution in [1.82, 2.24) is 4.57 Å². The first-order valence-corrected chi connectivity index (χ1v) is 17.8. The van der Waals surface area contributed by atoms with Crippen LogP contribution in [0.3, 0.4) is 0 Å². The van der Waals surface area contributed by atoms with Gasteiger partial charge in [0.1, 0.15) is 0 Å². The zero-order chi connectivity index (χ0) is 34.0. The highest BCUT2D eigenvalue weighted by Crippen LogP contribution is 2.36. The van der Waals surface area contributed by atoms with Crippen LogP contribution >= 0.6 is 0 Å². The molecule has 0 aliphatic carbocycles. The summed E-state index contributed by atoms with van der Waals surface area (Å²) in [6.07, 6.45) is 0.916. The first kappa shape index (κ1) is 30.6. The predicted molar refractivity (Wildman–Crippen MR) is 216 cm³/mol. The maximum absolute atomic E-state index is 2.37.